The third kappa shape index (κ3) is 1.57. The smallest absolute Gasteiger partial charge is 0.0346 e. The quantitative estimate of drug-likeness (QED) is 0.716. The molecule has 1 heterocycles. The largest absolute Gasteiger partial charge is 0.309 e. The van der Waals surface area contributed by atoms with Gasteiger partial charge in [0.1, 0.15) is 0 Å². The van der Waals surface area contributed by atoms with Crippen molar-refractivity contribution in [2.24, 2.45) is 5.92 Å². The summed E-state index contributed by atoms with van der Waals surface area (Å²) in [7, 11) is 0. The van der Waals surface area contributed by atoms with Crippen LogP contribution in [0.1, 0.15) is 43.9 Å². The van der Waals surface area contributed by atoms with Gasteiger partial charge in [0.15, 0.2) is 0 Å². The highest BCUT2D eigenvalue weighted by atomic mass is 14.9. The molecule has 0 fully saturated rings. The van der Waals surface area contributed by atoms with Gasteiger partial charge in [-0.2, -0.15) is 0 Å². The summed E-state index contributed by atoms with van der Waals surface area (Å²) in [6.07, 6.45) is 0. The molecule has 1 aliphatic heterocycles. The molecule has 1 nitrogen and oxygen atoms in total. The maximum absolute atomic E-state index is 3.62. The summed E-state index contributed by atoms with van der Waals surface area (Å²) in [4.78, 5) is 0. The number of benzene rings is 1. The Morgan fingerprint density at radius 2 is 1.86 bits per heavy atom. The van der Waals surface area contributed by atoms with Crippen molar-refractivity contribution in [1.29, 1.82) is 0 Å². The van der Waals surface area contributed by atoms with E-state index in [4.69, 9.17) is 0 Å². The summed E-state index contributed by atoms with van der Waals surface area (Å²) in [5.41, 5.74) is 3.03. The Hall–Kier alpha value is -0.820. The summed E-state index contributed by atoms with van der Waals surface area (Å²) in [5.74, 6) is 1.32. The van der Waals surface area contributed by atoms with Crippen LogP contribution in [-0.4, -0.2) is 6.54 Å². The molecule has 0 saturated heterocycles. The number of hydrogen-bond acceptors (Lipinski definition) is 1. The highest BCUT2D eigenvalue weighted by Gasteiger charge is 2.25. The maximum Gasteiger partial charge on any atom is 0.0346 e. The van der Waals surface area contributed by atoms with Crippen LogP contribution in [0.3, 0.4) is 0 Å². The predicted octanol–water partition coefficient (Wildman–Crippen LogP) is 3.09. The van der Waals surface area contributed by atoms with E-state index in [1.807, 2.05) is 0 Å². The molecule has 0 aromatic heterocycles. The first-order chi connectivity index (χ1) is 6.70. The van der Waals surface area contributed by atoms with Crippen molar-refractivity contribution in [3.8, 4) is 0 Å². The predicted molar refractivity (Wildman–Crippen MR) is 60.4 cm³/mol. The lowest BCUT2D eigenvalue weighted by Gasteiger charge is -2.33. The fourth-order valence-electron chi connectivity index (χ4n) is 2.36. The Morgan fingerprint density at radius 3 is 2.50 bits per heavy atom. The maximum atomic E-state index is 3.62. The van der Waals surface area contributed by atoms with Gasteiger partial charge in [0.05, 0.1) is 0 Å². The minimum Gasteiger partial charge on any atom is -0.309 e. The zero-order chi connectivity index (χ0) is 10.1. The summed E-state index contributed by atoms with van der Waals surface area (Å²) in [6, 6.07) is 9.38. The number of rotatable bonds is 1. The fourth-order valence-corrected chi connectivity index (χ4v) is 2.36. The Bertz CT molecular complexity index is 317. The van der Waals surface area contributed by atoms with Gasteiger partial charge in [-0.15, -0.1) is 0 Å². The van der Waals surface area contributed by atoms with E-state index in [0.717, 1.165) is 6.54 Å². The van der Waals surface area contributed by atoms with Gasteiger partial charge in [-0.05, 0) is 23.0 Å². The third-order valence-electron chi connectivity index (χ3n) is 3.17. The van der Waals surface area contributed by atoms with Crippen LogP contribution in [0, 0.1) is 5.92 Å². The number of nitrogens with one attached hydrogen (secondary N) is 1. The van der Waals surface area contributed by atoms with Gasteiger partial charge in [-0.1, -0.05) is 45.0 Å². The average molecular weight is 189 g/mol. The second-order valence-electron chi connectivity index (χ2n) is 4.66. The molecule has 0 spiro atoms. The van der Waals surface area contributed by atoms with E-state index in [2.05, 4.69) is 50.4 Å². The zero-order valence-electron chi connectivity index (χ0n) is 9.25. The molecule has 2 unspecified atom stereocenters. The van der Waals surface area contributed by atoms with E-state index < -0.39 is 0 Å². The first-order valence-corrected chi connectivity index (χ1v) is 5.52. The topological polar surface area (TPSA) is 12.0 Å². The van der Waals surface area contributed by atoms with Gasteiger partial charge < -0.3 is 5.32 Å². The van der Waals surface area contributed by atoms with Gasteiger partial charge in [-0.3, -0.25) is 0 Å². The van der Waals surface area contributed by atoms with Crippen LogP contribution in [0.2, 0.25) is 0 Å². The molecule has 0 bridgehead atoms. The molecule has 0 aliphatic carbocycles. The Labute approximate surface area is 86.5 Å². The Kier molecular flexibility index (Phi) is 2.60. The number of fused-ring (bicyclic) bond motifs is 1. The van der Waals surface area contributed by atoms with Crippen molar-refractivity contribution in [2.75, 3.05) is 6.54 Å². The van der Waals surface area contributed by atoms with Crippen LogP contribution in [0.25, 0.3) is 0 Å². The summed E-state index contributed by atoms with van der Waals surface area (Å²) in [5, 5.41) is 3.62. The molecule has 1 aliphatic rings. The zero-order valence-corrected chi connectivity index (χ0v) is 9.25. The second kappa shape index (κ2) is 3.74. The molecule has 2 atom stereocenters. The average Bonchev–Trinajstić information content (AvgIpc) is 2.18. The molecular formula is C13H19N. The SMILES string of the molecule is CC1CNC(C(C)C)c2ccccc21. The third-order valence-corrected chi connectivity index (χ3v) is 3.17. The van der Waals surface area contributed by atoms with Gasteiger partial charge >= 0.3 is 0 Å². The highest BCUT2D eigenvalue weighted by Crippen LogP contribution is 2.33. The van der Waals surface area contributed by atoms with E-state index >= 15 is 0 Å². The van der Waals surface area contributed by atoms with Crippen LogP contribution in [0.15, 0.2) is 24.3 Å². The molecular weight excluding hydrogens is 170 g/mol. The minimum atomic E-state index is 0.544. The van der Waals surface area contributed by atoms with Gasteiger partial charge in [0, 0.05) is 12.6 Å². The van der Waals surface area contributed by atoms with Crippen LogP contribution in [-0.2, 0) is 0 Å². The molecule has 14 heavy (non-hydrogen) atoms. The monoisotopic (exact) mass is 189 g/mol. The van der Waals surface area contributed by atoms with Crippen molar-refractivity contribution in [1.82, 2.24) is 5.32 Å². The van der Waals surface area contributed by atoms with Crippen molar-refractivity contribution < 1.29 is 0 Å². The van der Waals surface area contributed by atoms with Crippen molar-refractivity contribution in [2.45, 2.75) is 32.7 Å². The van der Waals surface area contributed by atoms with E-state index in [0.29, 0.717) is 17.9 Å². The molecule has 1 N–H and O–H groups in total. The molecule has 76 valence electrons. The molecule has 1 heteroatoms. The van der Waals surface area contributed by atoms with E-state index in [1.54, 1.807) is 0 Å². The summed E-state index contributed by atoms with van der Waals surface area (Å²) in [6.45, 7) is 7.97. The van der Waals surface area contributed by atoms with Gasteiger partial charge in [0.25, 0.3) is 0 Å². The number of hydrogen-bond donors (Lipinski definition) is 1. The molecule has 0 radical (unpaired) electrons. The van der Waals surface area contributed by atoms with E-state index in [-0.39, 0.29) is 0 Å². The lowest BCUT2D eigenvalue weighted by molar-refractivity contribution is 0.376. The Morgan fingerprint density at radius 1 is 1.21 bits per heavy atom. The Balaban J connectivity index is 2.41. The van der Waals surface area contributed by atoms with E-state index in [9.17, 15) is 0 Å². The van der Waals surface area contributed by atoms with Crippen molar-refractivity contribution in [3.05, 3.63) is 35.4 Å². The lowest BCUT2D eigenvalue weighted by atomic mass is 9.83. The summed E-state index contributed by atoms with van der Waals surface area (Å²) < 4.78 is 0. The lowest BCUT2D eigenvalue weighted by Crippen LogP contribution is -2.34. The molecule has 0 amide bonds. The minimum absolute atomic E-state index is 0.544. The van der Waals surface area contributed by atoms with Crippen LogP contribution in [0.4, 0.5) is 0 Å². The van der Waals surface area contributed by atoms with E-state index in [1.165, 1.54) is 11.1 Å². The molecule has 0 saturated carbocycles. The van der Waals surface area contributed by atoms with Crippen LogP contribution < -0.4 is 5.32 Å². The van der Waals surface area contributed by atoms with Gasteiger partial charge in [-0.25, -0.2) is 0 Å². The standard InChI is InChI=1S/C13H19N/c1-9(2)13-12-7-5-4-6-11(12)10(3)8-14-13/h4-7,9-10,13-14H,8H2,1-3H3. The first-order valence-electron chi connectivity index (χ1n) is 5.52. The van der Waals surface area contributed by atoms with Crippen LogP contribution in [0.5, 0.6) is 0 Å². The first kappa shape index (κ1) is 9.72. The van der Waals surface area contributed by atoms with Gasteiger partial charge in [0.2, 0.25) is 0 Å². The molecule has 1 aromatic rings. The highest BCUT2D eigenvalue weighted by molar-refractivity contribution is 5.35. The second-order valence-corrected chi connectivity index (χ2v) is 4.66. The van der Waals surface area contributed by atoms with Crippen molar-refractivity contribution >= 4 is 0 Å². The summed E-state index contributed by atoms with van der Waals surface area (Å²) >= 11 is 0. The van der Waals surface area contributed by atoms with Crippen molar-refractivity contribution in [3.63, 3.8) is 0 Å². The van der Waals surface area contributed by atoms with Crippen LogP contribution >= 0.6 is 0 Å². The molecule has 2 rings (SSSR count). The molecule has 1 aromatic carbocycles. The fraction of sp³-hybridized carbons (Fsp3) is 0.538. The normalized spacial score (nSPS) is 26.3.